The van der Waals surface area contributed by atoms with Crippen molar-refractivity contribution < 1.29 is 4.74 Å². The average Bonchev–Trinajstić information content (AvgIpc) is 3.37. The Bertz CT molecular complexity index is 300. The normalized spacial score (nSPS) is 32.4. The van der Waals surface area contributed by atoms with Gasteiger partial charge in [-0.1, -0.05) is 26.2 Å². The minimum atomic E-state index is 0.742. The van der Waals surface area contributed by atoms with Gasteiger partial charge in [-0.05, 0) is 43.9 Å². The molecule has 1 N–H and O–H groups in total. The maximum Gasteiger partial charge on any atom is 0.0593 e. The van der Waals surface area contributed by atoms with E-state index in [0.717, 1.165) is 50.1 Å². The molecule has 1 saturated heterocycles. The topological polar surface area (TPSA) is 24.5 Å². The van der Waals surface area contributed by atoms with Crippen LogP contribution < -0.4 is 5.32 Å². The Morgan fingerprint density at radius 3 is 2.52 bits per heavy atom. The Labute approximate surface area is 130 Å². The minimum Gasteiger partial charge on any atom is -0.380 e. The molecule has 2 unspecified atom stereocenters. The van der Waals surface area contributed by atoms with Crippen LogP contribution in [0.2, 0.25) is 0 Å². The number of ether oxygens (including phenoxy) is 1. The first kappa shape index (κ1) is 15.8. The Hall–Kier alpha value is -0.120. The highest BCUT2D eigenvalue weighted by Gasteiger charge is 2.40. The largest absolute Gasteiger partial charge is 0.380 e. The van der Waals surface area contributed by atoms with Crippen molar-refractivity contribution in [3.05, 3.63) is 0 Å². The zero-order valence-electron chi connectivity index (χ0n) is 13.9. The van der Waals surface area contributed by atoms with Gasteiger partial charge in [-0.15, -0.1) is 0 Å². The van der Waals surface area contributed by atoms with E-state index < -0.39 is 0 Å². The van der Waals surface area contributed by atoms with Gasteiger partial charge in [-0.25, -0.2) is 0 Å². The van der Waals surface area contributed by atoms with Gasteiger partial charge < -0.3 is 10.1 Å². The van der Waals surface area contributed by atoms with Gasteiger partial charge in [0.05, 0.1) is 6.61 Å². The molecule has 3 rings (SSSR count). The zero-order chi connectivity index (χ0) is 14.5. The SMILES string of the molecule is CCCOCCN1CC(C2CCCCC2)NCC1C1CC1. The van der Waals surface area contributed by atoms with Crippen molar-refractivity contribution >= 4 is 0 Å². The molecule has 2 saturated carbocycles. The van der Waals surface area contributed by atoms with Crippen LogP contribution in [-0.4, -0.2) is 49.8 Å². The molecule has 3 heteroatoms. The van der Waals surface area contributed by atoms with Crippen LogP contribution in [0.15, 0.2) is 0 Å². The molecule has 0 aromatic rings. The molecule has 0 spiro atoms. The molecule has 0 radical (unpaired) electrons. The average molecular weight is 294 g/mol. The molecule has 2 atom stereocenters. The second-order valence-electron chi connectivity index (χ2n) is 7.42. The van der Waals surface area contributed by atoms with Gasteiger partial charge in [0, 0.05) is 38.3 Å². The maximum atomic E-state index is 5.75. The first-order chi connectivity index (χ1) is 10.4. The van der Waals surface area contributed by atoms with E-state index in [4.69, 9.17) is 4.74 Å². The van der Waals surface area contributed by atoms with Crippen LogP contribution in [0.25, 0.3) is 0 Å². The predicted molar refractivity (Wildman–Crippen MR) is 87.6 cm³/mol. The molecular weight excluding hydrogens is 260 g/mol. The lowest BCUT2D eigenvalue weighted by Crippen LogP contribution is -2.60. The van der Waals surface area contributed by atoms with Gasteiger partial charge in [-0.2, -0.15) is 0 Å². The second kappa shape index (κ2) is 7.94. The van der Waals surface area contributed by atoms with Gasteiger partial charge >= 0.3 is 0 Å². The molecule has 0 aromatic carbocycles. The van der Waals surface area contributed by atoms with E-state index in [0.29, 0.717) is 0 Å². The number of hydrogen-bond donors (Lipinski definition) is 1. The third-order valence-electron chi connectivity index (χ3n) is 5.75. The van der Waals surface area contributed by atoms with Gasteiger partial charge in [0.1, 0.15) is 0 Å². The first-order valence-corrected chi connectivity index (χ1v) is 9.43. The maximum absolute atomic E-state index is 5.75. The first-order valence-electron chi connectivity index (χ1n) is 9.43. The Balaban J connectivity index is 1.50. The molecule has 3 fully saturated rings. The Morgan fingerprint density at radius 1 is 1.00 bits per heavy atom. The Morgan fingerprint density at radius 2 is 1.81 bits per heavy atom. The summed E-state index contributed by atoms with van der Waals surface area (Å²) in [6.45, 7) is 7.67. The van der Waals surface area contributed by atoms with Gasteiger partial charge in [0.25, 0.3) is 0 Å². The van der Waals surface area contributed by atoms with Crippen LogP contribution in [0, 0.1) is 11.8 Å². The van der Waals surface area contributed by atoms with Crippen LogP contribution in [0.1, 0.15) is 58.3 Å². The van der Waals surface area contributed by atoms with Crippen molar-refractivity contribution in [3.8, 4) is 0 Å². The summed E-state index contributed by atoms with van der Waals surface area (Å²) in [5.74, 6) is 1.90. The van der Waals surface area contributed by atoms with Crippen molar-refractivity contribution in [2.75, 3.05) is 32.8 Å². The van der Waals surface area contributed by atoms with Crippen molar-refractivity contribution in [1.29, 1.82) is 0 Å². The zero-order valence-corrected chi connectivity index (χ0v) is 13.9. The minimum absolute atomic E-state index is 0.742. The van der Waals surface area contributed by atoms with E-state index in [1.54, 1.807) is 0 Å². The van der Waals surface area contributed by atoms with Crippen LogP contribution >= 0.6 is 0 Å². The number of hydrogen-bond acceptors (Lipinski definition) is 3. The van der Waals surface area contributed by atoms with Crippen molar-refractivity contribution in [2.45, 2.75) is 70.4 Å². The highest BCUT2D eigenvalue weighted by molar-refractivity contribution is 4.96. The van der Waals surface area contributed by atoms with Crippen LogP contribution in [0.3, 0.4) is 0 Å². The summed E-state index contributed by atoms with van der Waals surface area (Å²) in [5.41, 5.74) is 0. The molecule has 0 bridgehead atoms. The lowest BCUT2D eigenvalue weighted by molar-refractivity contribution is 0.0452. The van der Waals surface area contributed by atoms with Gasteiger partial charge in [0.15, 0.2) is 0 Å². The van der Waals surface area contributed by atoms with E-state index in [1.165, 1.54) is 58.0 Å². The number of piperazine rings is 1. The van der Waals surface area contributed by atoms with Crippen LogP contribution in [-0.2, 0) is 4.74 Å². The number of nitrogens with zero attached hydrogens (tertiary/aromatic N) is 1. The lowest BCUT2D eigenvalue weighted by atomic mass is 9.82. The number of nitrogens with one attached hydrogen (secondary N) is 1. The molecule has 1 aliphatic heterocycles. The van der Waals surface area contributed by atoms with E-state index in [1.807, 2.05) is 0 Å². The summed E-state index contributed by atoms with van der Waals surface area (Å²) in [4.78, 5) is 2.77. The van der Waals surface area contributed by atoms with Gasteiger partial charge in [-0.3, -0.25) is 4.90 Å². The predicted octanol–water partition coefficient (Wildman–Crippen LogP) is 3.05. The molecule has 21 heavy (non-hydrogen) atoms. The van der Waals surface area contributed by atoms with Crippen molar-refractivity contribution in [2.24, 2.45) is 11.8 Å². The summed E-state index contributed by atoms with van der Waals surface area (Å²) in [7, 11) is 0. The van der Waals surface area contributed by atoms with Crippen molar-refractivity contribution in [3.63, 3.8) is 0 Å². The van der Waals surface area contributed by atoms with Crippen LogP contribution in [0.4, 0.5) is 0 Å². The fourth-order valence-corrected chi connectivity index (χ4v) is 4.34. The van der Waals surface area contributed by atoms with Crippen LogP contribution in [0.5, 0.6) is 0 Å². The lowest BCUT2D eigenvalue weighted by Gasteiger charge is -2.44. The summed E-state index contributed by atoms with van der Waals surface area (Å²) in [5, 5.41) is 3.91. The summed E-state index contributed by atoms with van der Waals surface area (Å²) in [6, 6.07) is 1.53. The van der Waals surface area contributed by atoms with Crippen molar-refractivity contribution in [1.82, 2.24) is 10.2 Å². The molecule has 3 nitrogen and oxygen atoms in total. The summed E-state index contributed by atoms with van der Waals surface area (Å²) in [6.07, 6.45) is 11.3. The van der Waals surface area contributed by atoms with E-state index in [2.05, 4.69) is 17.1 Å². The molecule has 2 aliphatic carbocycles. The van der Waals surface area contributed by atoms with E-state index >= 15 is 0 Å². The summed E-state index contributed by atoms with van der Waals surface area (Å²) >= 11 is 0. The third kappa shape index (κ3) is 4.43. The van der Waals surface area contributed by atoms with E-state index in [9.17, 15) is 0 Å². The molecule has 0 amide bonds. The molecule has 3 aliphatic rings. The third-order valence-corrected chi connectivity index (χ3v) is 5.75. The smallest absolute Gasteiger partial charge is 0.0593 e. The highest BCUT2D eigenvalue weighted by atomic mass is 16.5. The standard InChI is InChI=1S/C18H34N2O/c1-2-11-21-12-10-20-14-17(15-6-4-3-5-7-15)19-13-18(20)16-8-9-16/h15-19H,2-14H2,1H3. The summed E-state index contributed by atoms with van der Waals surface area (Å²) < 4.78 is 5.75. The molecular formula is C18H34N2O. The monoisotopic (exact) mass is 294 g/mol. The second-order valence-corrected chi connectivity index (χ2v) is 7.42. The number of rotatable bonds is 7. The quantitative estimate of drug-likeness (QED) is 0.730. The molecule has 122 valence electrons. The Kier molecular flexibility index (Phi) is 5.96. The van der Waals surface area contributed by atoms with Gasteiger partial charge in [0.2, 0.25) is 0 Å². The molecule has 0 aromatic heterocycles. The fraction of sp³-hybridized carbons (Fsp3) is 1.00. The fourth-order valence-electron chi connectivity index (χ4n) is 4.34. The highest BCUT2D eigenvalue weighted by Crippen LogP contribution is 2.37. The molecule has 1 heterocycles. The van der Waals surface area contributed by atoms with E-state index in [-0.39, 0.29) is 0 Å².